The summed E-state index contributed by atoms with van der Waals surface area (Å²) in [5, 5.41) is 3.10. The number of hydrogen-bond acceptors (Lipinski definition) is 2. The molecule has 1 amide bonds. The van der Waals surface area contributed by atoms with E-state index in [-0.39, 0.29) is 11.2 Å². The lowest BCUT2D eigenvalue weighted by atomic mass is 10.2. The van der Waals surface area contributed by atoms with Gasteiger partial charge in [-0.25, -0.2) is 0 Å². The molecular weight excluding hydrogens is 206 g/mol. The largest absolute Gasteiger partial charge is 0.325 e. The molecule has 0 bridgehead atoms. The van der Waals surface area contributed by atoms with E-state index in [1.165, 1.54) is 12.8 Å². The molecule has 2 nitrogen and oxygen atoms in total. The molecule has 1 N–H and O–H groups in total. The van der Waals surface area contributed by atoms with Gasteiger partial charge in [-0.3, -0.25) is 4.79 Å². The molecule has 1 fully saturated rings. The summed E-state index contributed by atoms with van der Waals surface area (Å²) >= 11 is 1.78. The Morgan fingerprint density at radius 1 is 1.27 bits per heavy atom. The smallest absolute Gasteiger partial charge is 0.237 e. The number of rotatable bonds is 2. The number of amides is 1. The van der Waals surface area contributed by atoms with Crippen molar-refractivity contribution in [2.24, 2.45) is 0 Å². The lowest BCUT2D eigenvalue weighted by Crippen LogP contribution is -2.27. The molecule has 0 aromatic heterocycles. The minimum atomic E-state index is 0.152. The summed E-state index contributed by atoms with van der Waals surface area (Å²) in [4.78, 5) is 11.8. The van der Waals surface area contributed by atoms with Crippen LogP contribution in [0.2, 0.25) is 0 Å². The Labute approximate surface area is 94.4 Å². The van der Waals surface area contributed by atoms with Gasteiger partial charge in [0.05, 0.1) is 5.25 Å². The van der Waals surface area contributed by atoms with E-state index in [0.717, 1.165) is 17.9 Å². The molecule has 1 saturated heterocycles. The number of carbonyl (C=O) groups is 1. The van der Waals surface area contributed by atoms with Gasteiger partial charge in [0.2, 0.25) is 5.91 Å². The summed E-state index contributed by atoms with van der Waals surface area (Å²) in [6.07, 6.45) is 3.45. The molecule has 1 aliphatic heterocycles. The van der Waals surface area contributed by atoms with Gasteiger partial charge < -0.3 is 5.32 Å². The highest BCUT2D eigenvalue weighted by atomic mass is 32.2. The summed E-state index contributed by atoms with van der Waals surface area (Å²) in [6.45, 7) is 0. The van der Waals surface area contributed by atoms with Gasteiger partial charge in [-0.15, -0.1) is 11.8 Å². The van der Waals surface area contributed by atoms with E-state index in [4.69, 9.17) is 0 Å². The van der Waals surface area contributed by atoms with Crippen molar-refractivity contribution in [2.75, 3.05) is 11.1 Å². The minimum Gasteiger partial charge on any atom is -0.325 e. The van der Waals surface area contributed by atoms with Gasteiger partial charge >= 0.3 is 0 Å². The van der Waals surface area contributed by atoms with Crippen molar-refractivity contribution in [3.63, 3.8) is 0 Å². The quantitative estimate of drug-likeness (QED) is 0.832. The monoisotopic (exact) mass is 221 g/mol. The van der Waals surface area contributed by atoms with Crippen LogP contribution in [-0.4, -0.2) is 16.9 Å². The van der Waals surface area contributed by atoms with Gasteiger partial charge in [-0.2, -0.15) is 0 Å². The zero-order valence-corrected chi connectivity index (χ0v) is 9.43. The molecule has 15 heavy (non-hydrogen) atoms. The number of benzene rings is 1. The van der Waals surface area contributed by atoms with E-state index >= 15 is 0 Å². The van der Waals surface area contributed by atoms with E-state index in [1.807, 2.05) is 30.3 Å². The number of thioether (sulfide) groups is 1. The predicted octanol–water partition coefficient (Wildman–Crippen LogP) is 2.91. The molecule has 3 heteroatoms. The summed E-state index contributed by atoms with van der Waals surface area (Å²) in [5.41, 5.74) is 0.897. The molecule has 80 valence electrons. The average Bonchev–Trinajstić information content (AvgIpc) is 2.31. The van der Waals surface area contributed by atoms with Crippen LogP contribution >= 0.6 is 11.8 Å². The first-order valence-electron chi connectivity index (χ1n) is 5.34. The highest BCUT2D eigenvalue weighted by Crippen LogP contribution is 2.26. The molecule has 1 aliphatic rings. The van der Waals surface area contributed by atoms with Gasteiger partial charge in [-0.1, -0.05) is 24.6 Å². The second-order valence-electron chi connectivity index (χ2n) is 3.71. The van der Waals surface area contributed by atoms with E-state index in [0.29, 0.717) is 0 Å². The summed E-state index contributed by atoms with van der Waals surface area (Å²) < 4.78 is 0. The van der Waals surface area contributed by atoms with Crippen LogP contribution in [0.25, 0.3) is 0 Å². The van der Waals surface area contributed by atoms with Crippen molar-refractivity contribution in [1.82, 2.24) is 0 Å². The number of carbonyl (C=O) groups excluding carboxylic acids is 1. The number of hydrogen-bond donors (Lipinski definition) is 1. The third-order valence-electron chi connectivity index (χ3n) is 2.51. The maximum Gasteiger partial charge on any atom is 0.237 e. The van der Waals surface area contributed by atoms with Crippen molar-refractivity contribution < 1.29 is 4.79 Å². The van der Waals surface area contributed by atoms with E-state index in [1.54, 1.807) is 11.8 Å². The third kappa shape index (κ3) is 2.99. The van der Waals surface area contributed by atoms with Gasteiger partial charge in [0.25, 0.3) is 0 Å². The first-order valence-corrected chi connectivity index (χ1v) is 6.38. The van der Waals surface area contributed by atoms with Crippen LogP contribution < -0.4 is 5.32 Å². The molecule has 0 aliphatic carbocycles. The lowest BCUT2D eigenvalue weighted by Gasteiger charge is -2.20. The van der Waals surface area contributed by atoms with E-state index in [2.05, 4.69) is 5.32 Å². The molecule has 2 rings (SSSR count). The number of nitrogens with one attached hydrogen (secondary N) is 1. The molecule has 0 radical (unpaired) electrons. The van der Waals surface area contributed by atoms with Crippen LogP contribution in [0.4, 0.5) is 5.69 Å². The van der Waals surface area contributed by atoms with Gasteiger partial charge in [0.1, 0.15) is 0 Å². The van der Waals surface area contributed by atoms with Gasteiger partial charge in [0.15, 0.2) is 0 Å². The van der Waals surface area contributed by atoms with Crippen molar-refractivity contribution >= 4 is 23.4 Å². The van der Waals surface area contributed by atoms with Crippen molar-refractivity contribution in [1.29, 1.82) is 0 Å². The maximum absolute atomic E-state index is 11.8. The molecule has 1 atom stereocenters. The minimum absolute atomic E-state index is 0.152. The summed E-state index contributed by atoms with van der Waals surface area (Å²) in [7, 11) is 0. The Balaban J connectivity index is 1.91. The topological polar surface area (TPSA) is 29.1 Å². The molecule has 0 saturated carbocycles. The Morgan fingerprint density at radius 3 is 2.73 bits per heavy atom. The molecular formula is C12H15NOS. The normalized spacial score (nSPS) is 20.9. The molecule has 1 unspecified atom stereocenters. The van der Waals surface area contributed by atoms with Crippen molar-refractivity contribution in [2.45, 2.75) is 24.5 Å². The highest BCUT2D eigenvalue weighted by Gasteiger charge is 2.21. The van der Waals surface area contributed by atoms with Crippen LogP contribution in [-0.2, 0) is 4.79 Å². The Morgan fingerprint density at radius 2 is 2.07 bits per heavy atom. The second-order valence-corrected chi connectivity index (χ2v) is 5.02. The summed E-state index contributed by atoms with van der Waals surface area (Å²) in [6, 6.07) is 9.66. The van der Waals surface area contributed by atoms with Crippen LogP contribution in [0.15, 0.2) is 30.3 Å². The van der Waals surface area contributed by atoms with E-state index < -0.39 is 0 Å². The van der Waals surface area contributed by atoms with Gasteiger partial charge in [0, 0.05) is 5.69 Å². The Kier molecular flexibility index (Phi) is 3.67. The SMILES string of the molecule is O=C(Nc1ccccc1)C1CCCCS1. The fraction of sp³-hybridized carbons (Fsp3) is 0.417. The zero-order valence-electron chi connectivity index (χ0n) is 8.61. The fourth-order valence-corrected chi connectivity index (χ4v) is 2.89. The molecule has 1 aromatic rings. The van der Waals surface area contributed by atoms with Crippen LogP contribution in [0.1, 0.15) is 19.3 Å². The van der Waals surface area contributed by atoms with Gasteiger partial charge in [-0.05, 0) is 30.7 Å². The first-order chi connectivity index (χ1) is 7.36. The first kappa shape index (κ1) is 10.6. The Bertz CT molecular complexity index is 320. The van der Waals surface area contributed by atoms with Crippen LogP contribution in [0, 0.1) is 0 Å². The van der Waals surface area contributed by atoms with Crippen molar-refractivity contribution in [3.05, 3.63) is 30.3 Å². The van der Waals surface area contributed by atoms with Crippen LogP contribution in [0.5, 0.6) is 0 Å². The lowest BCUT2D eigenvalue weighted by molar-refractivity contribution is -0.115. The third-order valence-corrected chi connectivity index (χ3v) is 3.89. The molecule has 1 heterocycles. The average molecular weight is 221 g/mol. The number of para-hydroxylation sites is 1. The summed E-state index contributed by atoms with van der Waals surface area (Å²) in [5.74, 6) is 1.28. The predicted molar refractivity (Wildman–Crippen MR) is 65.2 cm³/mol. The maximum atomic E-state index is 11.8. The Hall–Kier alpha value is -0.960. The zero-order chi connectivity index (χ0) is 10.5. The van der Waals surface area contributed by atoms with Crippen molar-refractivity contribution in [3.8, 4) is 0 Å². The molecule has 1 aromatic carbocycles. The highest BCUT2D eigenvalue weighted by molar-refractivity contribution is 8.00. The second kappa shape index (κ2) is 5.21. The fourth-order valence-electron chi connectivity index (χ4n) is 1.69. The standard InChI is InChI=1S/C12H15NOS/c14-12(11-8-4-5-9-15-11)13-10-6-2-1-3-7-10/h1-3,6-7,11H,4-5,8-9H2,(H,13,14). The molecule has 0 spiro atoms. The van der Waals surface area contributed by atoms with Crippen LogP contribution in [0.3, 0.4) is 0 Å². The number of anilines is 1. The van der Waals surface area contributed by atoms with E-state index in [9.17, 15) is 4.79 Å².